The van der Waals surface area contributed by atoms with Gasteiger partial charge in [-0.2, -0.15) is 0 Å². The van der Waals surface area contributed by atoms with Gasteiger partial charge in [0.1, 0.15) is 0 Å². The molecule has 0 aliphatic rings. The molecule has 0 amide bonds. The number of hydrogen-bond acceptors (Lipinski definition) is 1. The number of hydrogen-bond donors (Lipinski definition) is 0. The van der Waals surface area contributed by atoms with Crippen LogP contribution in [0.25, 0.3) is 11.1 Å². The molecular formula is C33H26ClF4OP. The fraction of sp³-hybridized carbons (Fsp3) is 0.0909. The van der Waals surface area contributed by atoms with Crippen molar-refractivity contribution in [1.82, 2.24) is 0 Å². The van der Waals surface area contributed by atoms with Crippen molar-refractivity contribution < 1.29 is 22.3 Å². The number of benzene rings is 5. The normalized spacial score (nSPS) is 12.5. The second kappa shape index (κ2) is 11.1. The van der Waals surface area contributed by atoms with E-state index in [1.165, 1.54) is 24.3 Å². The Kier molecular flexibility index (Phi) is 7.72. The third kappa shape index (κ3) is 4.58. The molecule has 0 radical (unpaired) electrons. The Hall–Kier alpha value is -3.66. The molecule has 5 rings (SSSR count). The molecule has 0 saturated carbocycles. The first-order valence-corrected chi connectivity index (χ1v) is 16.1. The predicted molar refractivity (Wildman–Crippen MR) is 158 cm³/mol. The van der Waals surface area contributed by atoms with Crippen molar-refractivity contribution in [2.24, 2.45) is 0 Å². The Bertz CT molecular complexity index is 1550. The van der Waals surface area contributed by atoms with Gasteiger partial charge in [0.2, 0.25) is 0 Å². The molecule has 0 aliphatic heterocycles. The van der Waals surface area contributed by atoms with Gasteiger partial charge in [0, 0.05) is 0 Å². The van der Waals surface area contributed by atoms with Crippen molar-refractivity contribution in [3.8, 4) is 16.9 Å². The van der Waals surface area contributed by atoms with Crippen LogP contribution in [-0.4, -0.2) is 6.61 Å². The van der Waals surface area contributed by atoms with Gasteiger partial charge in [0.25, 0.3) is 0 Å². The molecule has 1 nitrogen and oxygen atoms in total. The summed E-state index contributed by atoms with van der Waals surface area (Å²) in [6, 6.07) is 33.3. The minimum atomic E-state index is -3.96. The zero-order valence-electron chi connectivity index (χ0n) is 21.6. The van der Waals surface area contributed by atoms with Gasteiger partial charge in [-0.1, -0.05) is 0 Å². The minimum absolute atomic E-state index is 0.0253. The van der Waals surface area contributed by atoms with E-state index in [1.54, 1.807) is 6.92 Å². The molecule has 0 bridgehead atoms. The van der Waals surface area contributed by atoms with Crippen LogP contribution in [0.15, 0.2) is 115 Å². The molecule has 0 unspecified atom stereocenters. The Balaban J connectivity index is 1.72. The first-order chi connectivity index (χ1) is 19.3. The summed E-state index contributed by atoms with van der Waals surface area (Å²) in [5.41, 5.74) is -0.770. The first kappa shape index (κ1) is 27.9. The SMILES string of the molecule is CCOc1ccc(-c2ccc(CP(Cl)(c3ccccc3)(c3ccccc3)c3ccccc3)c(F)c2F)c(F)c1F. The topological polar surface area (TPSA) is 9.23 Å². The van der Waals surface area contributed by atoms with Gasteiger partial charge in [-0.3, -0.25) is 0 Å². The van der Waals surface area contributed by atoms with Gasteiger partial charge in [0.05, 0.1) is 0 Å². The van der Waals surface area contributed by atoms with Crippen molar-refractivity contribution >= 4 is 33.1 Å². The molecule has 5 aromatic rings. The van der Waals surface area contributed by atoms with Crippen molar-refractivity contribution in [3.05, 3.63) is 144 Å². The third-order valence-electron chi connectivity index (χ3n) is 7.15. The van der Waals surface area contributed by atoms with Crippen LogP contribution in [0, 0.1) is 23.3 Å². The summed E-state index contributed by atoms with van der Waals surface area (Å²) < 4.78 is 66.2. The summed E-state index contributed by atoms with van der Waals surface area (Å²) in [5, 5.41) is 2.36. The molecule has 40 heavy (non-hydrogen) atoms. The predicted octanol–water partition coefficient (Wildman–Crippen LogP) is 8.49. The maximum absolute atomic E-state index is 16.0. The molecule has 0 spiro atoms. The zero-order valence-corrected chi connectivity index (χ0v) is 23.3. The van der Waals surface area contributed by atoms with Gasteiger partial charge in [-0.05, 0) is 0 Å². The van der Waals surface area contributed by atoms with Crippen molar-refractivity contribution in [1.29, 1.82) is 0 Å². The molecule has 204 valence electrons. The summed E-state index contributed by atoms with van der Waals surface area (Å²) in [5.74, 6) is -9.27. The summed E-state index contributed by atoms with van der Waals surface area (Å²) >= 11 is 8.00. The summed E-state index contributed by atoms with van der Waals surface area (Å²) in [6.45, 7) is 1.76. The maximum atomic E-state index is 16.0. The van der Waals surface area contributed by atoms with Crippen LogP contribution in [0.1, 0.15) is 12.5 Å². The number of rotatable bonds is 8. The number of ether oxygens (including phenoxy) is 1. The quantitative estimate of drug-likeness (QED) is 0.132. The average molecular weight is 581 g/mol. The van der Waals surface area contributed by atoms with Crippen LogP contribution >= 0.6 is 17.2 Å². The van der Waals surface area contributed by atoms with E-state index < -0.39 is 40.4 Å². The molecule has 0 aromatic heterocycles. The van der Waals surface area contributed by atoms with Gasteiger partial charge in [-0.25, -0.2) is 0 Å². The van der Waals surface area contributed by atoms with Crippen LogP contribution in [0.5, 0.6) is 5.75 Å². The van der Waals surface area contributed by atoms with E-state index >= 15 is 8.78 Å². The van der Waals surface area contributed by atoms with E-state index in [1.807, 2.05) is 91.0 Å². The Morgan fingerprint density at radius 3 is 1.43 bits per heavy atom. The summed E-state index contributed by atoms with van der Waals surface area (Å²) in [7, 11) is 0. The molecule has 0 aliphatic carbocycles. The standard InChI is InChI=1S/C33H26ClF4OP/c1-2-39-29-21-20-28(32(37)33(29)38)27-19-18-23(30(35)31(27)36)22-40(34,24-12-6-3-7-13-24,25-14-8-4-9-15-25)26-16-10-5-11-17-26/h3-21H,2,22H2,1H3. The molecule has 0 fully saturated rings. The van der Waals surface area contributed by atoms with Crippen LogP contribution in [0.2, 0.25) is 0 Å². The van der Waals surface area contributed by atoms with Gasteiger partial charge >= 0.3 is 236 Å². The molecule has 5 aromatic carbocycles. The summed E-state index contributed by atoms with van der Waals surface area (Å²) in [6.07, 6.45) is -0.0473. The fourth-order valence-corrected chi connectivity index (χ4v) is 11.3. The molecule has 0 heterocycles. The third-order valence-corrected chi connectivity index (χ3v) is 14.3. The second-order valence-electron chi connectivity index (χ2n) is 9.42. The van der Waals surface area contributed by atoms with Crippen LogP contribution in [-0.2, 0) is 6.16 Å². The van der Waals surface area contributed by atoms with Crippen molar-refractivity contribution in [2.75, 3.05) is 6.61 Å². The fourth-order valence-electron chi connectivity index (χ4n) is 5.18. The van der Waals surface area contributed by atoms with E-state index in [-0.39, 0.29) is 24.1 Å². The van der Waals surface area contributed by atoms with E-state index in [0.29, 0.717) is 0 Å². The Labute approximate surface area is 235 Å². The van der Waals surface area contributed by atoms with Crippen molar-refractivity contribution in [2.45, 2.75) is 13.1 Å². The van der Waals surface area contributed by atoms with E-state index in [4.69, 9.17) is 16.0 Å². The first-order valence-electron chi connectivity index (χ1n) is 12.8. The van der Waals surface area contributed by atoms with E-state index in [0.717, 1.165) is 15.9 Å². The van der Waals surface area contributed by atoms with E-state index in [9.17, 15) is 8.78 Å². The van der Waals surface area contributed by atoms with Crippen LogP contribution < -0.4 is 20.7 Å². The van der Waals surface area contributed by atoms with Crippen LogP contribution in [0.4, 0.5) is 17.6 Å². The van der Waals surface area contributed by atoms with Gasteiger partial charge < -0.3 is 0 Å². The Morgan fingerprint density at radius 1 is 0.550 bits per heavy atom. The van der Waals surface area contributed by atoms with Crippen LogP contribution in [0.3, 0.4) is 0 Å². The van der Waals surface area contributed by atoms with Gasteiger partial charge in [-0.15, -0.1) is 0 Å². The average Bonchev–Trinajstić information content (AvgIpc) is 3.00. The molecule has 0 saturated heterocycles. The molecule has 7 heteroatoms. The molecule has 0 atom stereocenters. The molecular weight excluding hydrogens is 555 g/mol. The van der Waals surface area contributed by atoms with Gasteiger partial charge in [0.15, 0.2) is 0 Å². The summed E-state index contributed by atoms with van der Waals surface area (Å²) in [4.78, 5) is 0. The monoisotopic (exact) mass is 580 g/mol. The molecule has 0 N–H and O–H groups in total. The number of halogens is 5. The Morgan fingerprint density at radius 2 is 0.975 bits per heavy atom. The zero-order chi connectivity index (χ0) is 28.4. The second-order valence-corrected chi connectivity index (χ2v) is 15.9. The van der Waals surface area contributed by atoms with Crippen molar-refractivity contribution in [3.63, 3.8) is 0 Å². The van der Waals surface area contributed by atoms with E-state index in [2.05, 4.69) is 0 Å².